The Balaban J connectivity index is 3.04. The Morgan fingerprint density at radius 1 is 1.40 bits per heavy atom. The molecule has 0 fully saturated rings. The van der Waals surface area contributed by atoms with Crippen LogP contribution in [0.25, 0.3) is 0 Å². The highest BCUT2D eigenvalue weighted by Crippen LogP contribution is 2.28. The molecule has 0 unspecified atom stereocenters. The molecule has 0 heterocycles. The van der Waals surface area contributed by atoms with Crippen molar-refractivity contribution in [1.29, 1.82) is 0 Å². The Morgan fingerprint density at radius 3 is 2.60 bits per heavy atom. The minimum atomic E-state index is -3.88. The fourth-order valence-corrected chi connectivity index (χ4v) is 1.17. The number of carboxylic acid groups (broad SMARTS) is 1. The lowest BCUT2D eigenvalue weighted by atomic mass is 10.0. The highest BCUT2D eigenvalue weighted by molar-refractivity contribution is 5.77. The molecule has 3 nitrogen and oxygen atoms in total. The van der Waals surface area contributed by atoms with E-state index in [0.29, 0.717) is 5.56 Å². The smallest absolute Gasteiger partial charge is 0.379 e. The quantitative estimate of drug-likeness (QED) is 0.799. The van der Waals surface area contributed by atoms with Crippen molar-refractivity contribution in [2.45, 2.75) is 12.3 Å². The number of halogens is 2. The summed E-state index contributed by atoms with van der Waals surface area (Å²) in [5, 5.41) is 16.9. The van der Waals surface area contributed by atoms with Gasteiger partial charge in [-0.25, -0.2) is 4.79 Å². The summed E-state index contributed by atoms with van der Waals surface area (Å²) in [6.07, 6.45) is 0.226. The van der Waals surface area contributed by atoms with E-state index >= 15 is 0 Å². The summed E-state index contributed by atoms with van der Waals surface area (Å²) in [5.41, 5.74) is -0.0862. The fourth-order valence-electron chi connectivity index (χ4n) is 1.17. The van der Waals surface area contributed by atoms with Crippen LogP contribution in [0.3, 0.4) is 0 Å². The Hall–Kier alpha value is -1.49. The molecule has 82 valence electrons. The molecule has 15 heavy (non-hydrogen) atoms. The van der Waals surface area contributed by atoms with Gasteiger partial charge >= 0.3 is 11.9 Å². The molecule has 1 aromatic carbocycles. The van der Waals surface area contributed by atoms with Crippen LogP contribution < -0.4 is 0 Å². The van der Waals surface area contributed by atoms with Gasteiger partial charge in [0.05, 0.1) is 0 Å². The molecule has 0 aliphatic heterocycles. The molecule has 0 aromatic heterocycles. The van der Waals surface area contributed by atoms with Gasteiger partial charge in [-0.15, -0.1) is 0 Å². The number of aliphatic hydroxyl groups is 1. The first kappa shape index (κ1) is 11.6. The van der Waals surface area contributed by atoms with E-state index in [1.165, 1.54) is 6.07 Å². The van der Waals surface area contributed by atoms with Gasteiger partial charge < -0.3 is 10.2 Å². The lowest BCUT2D eigenvalue weighted by molar-refractivity contribution is -0.166. The average Bonchev–Trinajstić information content (AvgIpc) is 2.18. The predicted molar refractivity (Wildman–Crippen MR) is 48.8 cm³/mol. The molecule has 2 N–H and O–H groups in total. The Labute approximate surface area is 85.0 Å². The van der Waals surface area contributed by atoms with Crippen molar-refractivity contribution in [2.75, 3.05) is 6.61 Å². The summed E-state index contributed by atoms with van der Waals surface area (Å²) >= 11 is 0. The fraction of sp³-hybridized carbons (Fsp3) is 0.300. The van der Waals surface area contributed by atoms with E-state index in [4.69, 9.17) is 10.2 Å². The standard InChI is InChI=1S/C10H10F2O3/c11-10(12,9(14)15)8-3-1-2-7(6-8)4-5-13/h1-3,6,13H,4-5H2,(H,14,15). The van der Waals surface area contributed by atoms with Crippen molar-refractivity contribution in [1.82, 2.24) is 0 Å². The van der Waals surface area contributed by atoms with Crippen molar-refractivity contribution >= 4 is 5.97 Å². The highest BCUT2D eigenvalue weighted by Gasteiger charge is 2.40. The van der Waals surface area contributed by atoms with Gasteiger partial charge in [0.25, 0.3) is 0 Å². The summed E-state index contributed by atoms with van der Waals surface area (Å²) in [4.78, 5) is 10.3. The Morgan fingerprint density at radius 2 is 2.07 bits per heavy atom. The highest BCUT2D eigenvalue weighted by atomic mass is 19.3. The number of carboxylic acids is 1. The molecule has 1 aromatic rings. The number of carbonyl (C=O) groups is 1. The van der Waals surface area contributed by atoms with Crippen LogP contribution in [0.2, 0.25) is 0 Å². The monoisotopic (exact) mass is 216 g/mol. The summed E-state index contributed by atoms with van der Waals surface area (Å²) in [5.74, 6) is -6.06. The normalized spacial score (nSPS) is 11.4. The molecule has 0 atom stereocenters. The number of hydrogen-bond acceptors (Lipinski definition) is 2. The molecule has 0 aliphatic rings. The molecule has 1 rings (SSSR count). The van der Waals surface area contributed by atoms with Crippen LogP contribution in [-0.4, -0.2) is 22.8 Å². The summed E-state index contributed by atoms with van der Waals surface area (Å²) in [6.45, 7) is -0.165. The van der Waals surface area contributed by atoms with Crippen molar-refractivity contribution in [3.63, 3.8) is 0 Å². The number of alkyl halides is 2. The van der Waals surface area contributed by atoms with Gasteiger partial charge in [-0.05, 0) is 18.1 Å². The molecule has 0 saturated heterocycles. The molecule has 5 heteroatoms. The van der Waals surface area contributed by atoms with E-state index in [-0.39, 0.29) is 13.0 Å². The van der Waals surface area contributed by atoms with Gasteiger partial charge in [0.2, 0.25) is 0 Å². The average molecular weight is 216 g/mol. The summed E-state index contributed by atoms with van der Waals surface area (Å²) in [7, 11) is 0. The minimum Gasteiger partial charge on any atom is -0.477 e. The van der Waals surface area contributed by atoms with E-state index in [0.717, 1.165) is 12.1 Å². The molecular weight excluding hydrogens is 206 g/mol. The van der Waals surface area contributed by atoms with E-state index in [9.17, 15) is 13.6 Å². The maximum atomic E-state index is 13.0. The van der Waals surface area contributed by atoms with Gasteiger partial charge in [-0.2, -0.15) is 8.78 Å². The first-order valence-electron chi connectivity index (χ1n) is 4.30. The van der Waals surface area contributed by atoms with Crippen molar-refractivity contribution in [3.8, 4) is 0 Å². The lowest BCUT2D eigenvalue weighted by Crippen LogP contribution is -2.25. The van der Waals surface area contributed by atoms with Gasteiger partial charge in [0.15, 0.2) is 0 Å². The summed E-state index contributed by atoms with van der Waals surface area (Å²) < 4.78 is 26.1. The third-order valence-electron chi connectivity index (χ3n) is 1.96. The minimum absolute atomic E-state index is 0.165. The van der Waals surface area contributed by atoms with Crippen LogP contribution in [0.15, 0.2) is 24.3 Å². The van der Waals surface area contributed by atoms with Crippen molar-refractivity contribution < 1.29 is 23.8 Å². The van der Waals surface area contributed by atoms with Gasteiger partial charge in [0.1, 0.15) is 0 Å². The molecule has 0 aliphatic carbocycles. The number of hydrogen-bond donors (Lipinski definition) is 2. The second-order valence-electron chi connectivity index (χ2n) is 3.05. The molecule has 0 spiro atoms. The molecule has 0 amide bonds. The van der Waals surface area contributed by atoms with Crippen LogP contribution in [0.5, 0.6) is 0 Å². The molecule has 0 saturated carbocycles. The third-order valence-corrected chi connectivity index (χ3v) is 1.96. The van der Waals surface area contributed by atoms with E-state index in [2.05, 4.69) is 0 Å². The maximum absolute atomic E-state index is 13.0. The number of benzene rings is 1. The summed E-state index contributed by atoms with van der Waals surface area (Å²) in [6, 6.07) is 5.04. The largest absolute Gasteiger partial charge is 0.477 e. The van der Waals surface area contributed by atoms with Gasteiger partial charge in [0, 0.05) is 12.2 Å². The SMILES string of the molecule is O=C(O)C(F)(F)c1cccc(CCO)c1. The topological polar surface area (TPSA) is 57.5 Å². The number of rotatable bonds is 4. The van der Waals surface area contributed by atoms with E-state index in [1.807, 2.05) is 0 Å². The zero-order valence-electron chi connectivity index (χ0n) is 7.78. The maximum Gasteiger partial charge on any atom is 0.379 e. The Bertz CT molecular complexity index is 363. The van der Waals surface area contributed by atoms with Gasteiger partial charge in [-0.1, -0.05) is 18.2 Å². The zero-order chi connectivity index (χ0) is 11.5. The first-order chi connectivity index (χ1) is 6.98. The predicted octanol–water partition coefficient (Wildman–Crippen LogP) is 1.40. The third kappa shape index (κ3) is 2.50. The zero-order valence-corrected chi connectivity index (χ0v) is 7.78. The molecule has 0 radical (unpaired) electrons. The van der Waals surface area contributed by atoms with E-state index in [1.54, 1.807) is 6.07 Å². The molecular formula is C10H10F2O3. The Kier molecular flexibility index (Phi) is 3.36. The van der Waals surface area contributed by atoms with Crippen LogP contribution in [0, 0.1) is 0 Å². The van der Waals surface area contributed by atoms with Crippen LogP contribution in [0.1, 0.15) is 11.1 Å². The van der Waals surface area contributed by atoms with Crippen LogP contribution in [0.4, 0.5) is 8.78 Å². The van der Waals surface area contributed by atoms with Crippen LogP contribution in [-0.2, 0) is 17.1 Å². The number of aliphatic carboxylic acids is 1. The molecule has 0 bridgehead atoms. The first-order valence-corrected chi connectivity index (χ1v) is 4.30. The van der Waals surface area contributed by atoms with Crippen molar-refractivity contribution in [2.24, 2.45) is 0 Å². The van der Waals surface area contributed by atoms with Crippen molar-refractivity contribution in [3.05, 3.63) is 35.4 Å². The lowest BCUT2D eigenvalue weighted by Gasteiger charge is -2.12. The number of aliphatic hydroxyl groups excluding tert-OH is 1. The second-order valence-corrected chi connectivity index (χ2v) is 3.05. The van der Waals surface area contributed by atoms with Crippen LogP contribution >= 0.6 is 0 Å². The second kappa shape index (κ2) is 4.35. The van der Waals surface area contributed by atoms with E-state index < -0.39 is 17.5 Å². The van der Waals surface area contributed by atoms with Gasteiger partial charge in [-0.3, -0.25) is 0 Å².